The van der Waals surface area contributed by atoms with Crippen molar-refractivity contribution in [2.45, 2.75) is 5.66 Å². The number of likely N-dealkylation sites (N-methyl/N-ethyl adjacent to an activating group) is 1. The van der Waals surface area contributed by atoms with Crippen molar-refractivity contribution >= 4 is 31.9 Å². The largest absolute Gasteiger partial charge is 0.492 e. The summed E-state index contributed by atoms with van der Waals surface area (Å²) in [5.41, 5.74) is -1.01. The third-order valence-electron chi connectivity index (χ3n) is 4.53. The maximum absolute atomic E-state index is 11.8. The smallest absolute Gasteiger partial charge is 0.335 e. The fourth-order valence-electron chi connectivity index (χ4n) is 3.00. The van der Waals surface area contributed by atoms with Crippen LogP contribution in [0.3, 0.4) is 0 Å². The standard InChI is InChI=1S/C18H23N3O7P2/c1-21(18-4-2-3-7-19-18)8-9-28-14-6-5-13-10-16(20-15(13)11-14)17(30(25,26)27)12-29(22,23)24/h2-7,10-11,17,20H,8-9,12H2,1H3,(H2,22,23,24)(H2,25,26,27). The van der Waals surface area contributed by atoms with Crippen LogP contribution in [0.2, 0.25) is 0 Å². The molecule has 0 bridgehead atoms. The SMILES string of the molecule is CN(CCOc1ccc2cc(C(CP(=O)(O)O)P(=O)(O)O)[nH]c2c1)c1ccccn1. The molecule has 0 amide bonds. The Morgan fingerprint density at radius 3 is 2.53 bits per heavy atom. The third kappa shape index (κ3) is 5.92. The number of rotatable bonds is 9. The molecule has 10 nitrogen and oxygen atoms in total. The van der Waals surface area contributed by atoms with Crippen LogP contribution in [0.4, 0.5) is 5.82 Å². The predicted octanol–water partition coefficient (Wildman–Crippen LogP) is 2.47. The Morgan fingerprint density at radius 1 is 1.13 bits per heavy atom. The van der Waals surface area contributed by atoms with Crippen molar-refractivity contribution < 1.29 is 33.4 Å². The van der Waals surface area contributed by atoms with E-state index in [-0.39, 0.29) is 5.69 Å². The molecule has 0 saturated heterocycles. The van der Waals surface area contributed by atoms with Crippen molar-refractivity contribution in [3.05, 3.63) is 54.4 Å². The van der Waals surface area contributed by atoms with Gasteiger partial charge in [0, 0.05) is 30.5 Å². The van der Waals surface area contributed by atoms with Crippen LogP contribution in [-0.2, 0) is 9.13 Å². The van der Waals surface area contributed by atoms with Gasteiger partial charge in [-0.05, 0) is 35.7 Å². The van der Waals surface area contributed by atoms with E-state index in [2.05, 4.69) is 9.97 Å². The molecule has 0 aliphatic rings. The van der Waals surface area contributed by atoms with Gasteiger partial charge in [-0.2, -0.15) is 0 Å². The topological polar surface area (TPSA) is 156 Å². The van der Waals surface area contributed by atoms with Gasteiger partial charge >= 0.3 is 15.2 Å². The third-order valence-corrected chi connectivity index (χ3v) is 6.93. The van der Waals surface area contributed by atoms with Gasteiger partial charge in [-0.1, -0.05) is 6.07 Å². The van der Waals surface area contributed by atoms with Crippen molar-refractivity contribution in [3.8, 4) is 5.75 Å². The van der Waals surface area contributed by atoms with E-state index >= 15 is 0 Å². The van der Waals surface area contributed by atoms with E-state index in [1.807, 2.05) is 30.1 Å². The number of benzene rings is 1. The average Bonchev–Trinajstić information content (AvgIpc) is 3.08. The highest BCUT2D eigenvalue weighted by Crippen LogP contribution is 2.57. The van der Waals surface area contributed by atoms with Crippen LogP contribution < -0.4 is 9.64 Å². The number of anilines is 1. The van der Waals surface area contributed by atoms with E-state index in [9.17, 15) is 28.7 Å². The number of fused-ring (bicyclic) bond motifs is 1. The molecule has 2 heterocycles. The molecule has 3 aromatic rings. The summed E-state index contributed by atoms with van der Waals surface area (Å²) < 4.78 is 28.8. The first-order chi connectivity index (χ1) is 14.0. The normalized spacial score (nSPS) is 13.4. The second-order valence-electron chi connectivity index (χ2n) is 6.88. The Hall–Kier alpha value is -2.19. The van der Waals surface area contributed by atoms with Gasteiger partial charge in [-0.15, -0.1) is 0 Å². The van der Waals surface area contributed by atoms with Crippen molar-refractivity contribution in [2.75, 3.05) is 31.3 Å². The van der Waals surface area contributed by atoms with Crippen molar-refractivity contribution in [1.82, 2.24) is 9.97 Å². The summed E-state index contributed by atoms with van der Waals surface area (Å²) in [5, 5.41) is 0.645. The summed E-state index contributed by atoms with van der Waals surface area (Å²) in [6, 6.07) is 12.2. The number of nitrogens with one attached hydrogen (secondary N) is 1. The van der Waals surface area contributed by atoms with E-state index < -0.39 is 27.0 Å². The van der Waals surface area contributed by atoms with Crippen LogP contribution in [0.25, 0.3) is 10.9 Å². The Balaban J connectivity index is 1.72. The first-order valence-electron chi connectivity index (χ1n) is 9.00. The van der Waals surface area contributed by atoms with Crippen LogP contribution in [-0.4, -0.2) is 55.9 Å². The molecule has 30 heavy (non-hydrogen) atoms. The number of H-pyrrole nitrogens is 1. The summed E-state index contributed by atoms with van der Waals surface area (Å²) in [7, 11) is -7.52. The highest BCUT2D eigenvalue weighted by Gasteiger charge is 2.37. The first kappa shape index (κ1) is 22.5. The van der Waals surface area contributed by atoms with Crippen LogP contribution in [0.5, 0.6) is 5.75 Å². The summed E-state index contributed by atoms with van der Waals surface area (Å²) in [6.45, 7) is 0.975. The van der Waals surface area contributed by atoms with E-state index in [1.54, 1.807) is 24.4 Å². The minimum Gasteiger partial charge on any atom is -0.492 e. The lowest BCUT2D eigenvalue weighted by atomic mass is 10.2. The Morgan fingerprint density at radius 2 is 1.90 bits per heavy atom. The summed E-state index contributed by atoms with van der Waals surface area (Å²) in [5.74, 6) is 1.37. The van der Waals surface area contributed by atoms with Gasteiger partial charge < -0.3 is 34.2 Å². The second-order valence-corrected chi connectivity index (χ2v) is 10.4. The van der Waals surface area contributed by atoms with Crippen molar-refractivity contribution in [3.63, 3.8) is 0 Å². The van der Waals surface area contributed by atoms with Gasteiger partial charge in [0.25, 0.3) is 0 Å². The summed E-state index contributed by atoms with van der Waals surface area (Å²) in [4.78, 5) is 46.5. The van der Waals surface area contributed by atoms with E-state index in [0.717, 1.165) is 5.82 Å². The maximum atomic E-state index is 11.8. The zero-order valence-electron chi connectivity index (χ0n) is 16.1. The van der Waals surface area contributed by atoms with Gasteiger partial charge in [-0.3, -0.25) is 9.13 Å². The van der Waals surface area contributed by atoms with Crippen LogP contribution in [0, 0.1) is 0 Å². The number of aromatic nitrogens is 2. The molecule has 0 saturated carbocycles. The van der Waals surface area contributed by atoms with Gasteiger partial charge in [-0.25, -0.2) is 4.98 Å². The molecule has 5 N–H and O–H groups in total. The molecule has 12 heteroatoms. The Labute approximate surface area is 172 Å². The molecule has 1 atom stereocenters. The molecule has 1 unspecified atom stereocenters. The molecular weight excluding hydrogens is 432 g/mol. The number of pyridine rings is 1. The average molecular weight is 455 g/mol. The molecule has 0 radical (unpaired) electrons. The molecule has 0 spiro atoms. The van der Waals surface area contributed by atoms with E-state index in [0.29, 0.717) is 29.8 Å². The molecule has 0 aliphatic heterocycles. The van der Waals surface area contributed by atoms with Crippen molar-refractivity contribution in [1.29, 1.82) is 0 Å². The molecule has 2 aromatic heterocycles. The Bertz CT molecular complexity index is 1090. The first-order valence-corrected chi connectivity index (χ1v) is 12.5. The maximum Gasteiger partial charge on any atom is 0.335 e. The van der Waals surface area contributed by atoms with E-state index in [4.69, 9.17) is 4.74 Å². The van der Waals surface area contributed by atoms with Gasteiger partial charge in [0.1, 0.15) is 23.8 Å². The lowest BCUT2D eigenvalue weighted by Crippen LogP contribution is -2.24. The molecule has 162 valence electrons. The number of hydrogen-bond donors (Lipinski definition) is 5. The van der Waals surface area contributed by atoms with Crippen LogP contribution in [0.1, 0.15) is 11.4 Å². The predicted molar refractivity (Wildman–Crippen MR) is 113 cm³/mol. The molecule has 1 aromatic carbocycles. The molecular formula is C18H23N3O7P2. The lowest BCUT2D eigenvalue weighted by molar-refractivity contribution is 0.326. The van der Waals surface area contributed by atoms with Crippen LogP contribution >= 0.6 is 15.2 Å². The number of nitrogens with zero attached hydrogens (tertiary/aromatic N) is 2. The van der Waals surface area contributed by atoms with Gasteiger partial charge in [0.2, 0.25) is 0 Å². The highest BCUT2D eigenvalue weighted by atomic mass is 31.2. The molecule has 0 fully saturated rings. The lowest BCUT2D eigenvalue weighted by Gasteiger charge is -2.18. The minimum atomic E-state index is -4.79. The van der Waals surface area contributed by atoms with Gasteiger partial charge in [0.05, 0.1) is 12.7 Å². The second kappa shape index (κ2) is 8.89. The van der Waals surface area contributed by atoms with Crippen molar-refractivity contribution in [2.24, 2.45) is 0 Å². The Kier molecular flexibility index (Phi) is 6.67. The van der Waals surface area contributed by atoms with Gasteiger partial charge in [0.15, 0.2) is 0 Å². The minimum absolute atomic E-state index is 0.0636. The molecule has 3 rings (SSSR count). The number of aromatic amines is 1. The number of ether oxygens (including phenoxy) is 1. The van der Waals surface area contributed by atoms with E-state index in [1.165, 1.54) is 6.07 Å². The monoisotopic (exact) mass is 455 g/mol. The summed E-state index contributed by atoms with van der Waals surface area (Å²) in [6.07, 6.45) is 0.758. The molecule has 0 aliphatic carbocycles. The highest BCUT2D eigenvalue weighted by molar-refractivity contribution is 7.56. The zero-order valence-corrected chi connectivity index (χ0v) is 17.9. The van der Waals surface area contributed by atoms with Crippen LogP contribution in [0.15, 0.2) is 48.7 Å². The quantitative estimate of drug-likeness (QED) is 0.306. The zero-order chi connectivity index (χ0) is 21.9. The fourth-order valence-corrected chi connectivity index (χ4v) is 5.64. The summed E-state index contributed by atoms with van der Waals surface area (Å²) >= 11 is 0. The fraction of sp³-hybridized carbons (Fsp3) is 0.278. The number of hydrogen-bond acceptors (Lipinski definition) is 5.